The third-order valence-electron chi connectivity index (χ3n) is 5.11. The van der Waals surface area contributed by atoms with Crippen molar-refractivity contribution in [2.45, 2.75) is 6.54 Å². The fourth-order valence-electron chi connectivity index (χ4n) is 3.54. The SMILES string of the molecule is COc1ccc(CN2C(=O)/C(=C\c3ccccc3OC)c3ccccc3C2=O)cc1. The Hall–Kier alpha value is -3.86. The molecule has 0 saturated carbocycles. The van der Waals surface area contributed by atoms with Crippen LogP contribution >= 0.6 is 0 Å². The Morgan fingerprint density at radius 2 is 1.43 bits per heavy atom. The van der Waals surface area contributed by atoms with Gasteiger partial charge in [-0.2, -0.15) is 0 Å². The second kappa shape index (κ2) is 8.25. The van der Waals surface area contributed by atoms with Crippen LogP contribution < -0.4 is 9.47 Å². The van der Waals surface area contributed by atoms with Gasteiger partial charge in [-0.3, -0.25) is 14.5 Å². The first-order chi connectivity index (χ1) is 14.6. The number of para-hydroxylation sites is 1. The van der Waals surface area contributed by atoms with Gasteiger partial charge in [-0.05, 0) is 41.5 Å². The van der Waals surface area contributed by atoms with Crippen molar-refractivity contribution in [3.63, 3.8) is 0 Å². The highest BCUT2D eigenvalue weighted by Gasteiger charge is 2.34. The monoisotopic (exact) mass is 399 g/mol. The van der Waals surface area contributed by atoms with Crippen LogP contribution in [0.5, 0.6) is 11.5 Å². The highest BCUT2D eigenvalue weighted by Crippen LogP contribution is 2.33. The molecule has 30 heavy (non-hydrogen) atoms. The predicted molar refractivity (Wildman–Crippen MR) is 115 cm³/mol. The van der Waals surface area contributed by atoms with Crippen LogP contribution in [0.1, 0.15) is 27.0 Å². The van der Waals surface area contributed by atoms with E-state index in [0.29, 0.717) is 22.4 Å². The molecule has 5 nitrogen and oxygen atoms in total. The van der Waals surface area contributed by atoms with Gasteiger partial charge in [-0.15, -0.1) is 0 Å². The predicted octanol–water partition coefficient (Wildman–Crippen LogP) is 4.43. The van der Waals surface area contributed by atoms with Gasteiger partial charge < -0.3 is 9.47 Å². The maximum Gasteiger partial charge on any atom is 0.261 e. The molecule has 0 aliphatic carbocycles. The van der Waals surface area contributed by atoms with E-state index < -0.39 is 0 Å². The Kier molecular flexibility index (Phi) is 5.35. The van der Waals surface area contributed by atoms with Crippen molar-refractivity contribution in [1.82, 2.24) is 4.90 Å². The topological polar surface area (TPSA) is 55.8 Å². The largest absolute Gasteiger partial charge is 0.497 e. The molecule has 0 aromatic heterocycles. The zero-order chi connectivity index (χ0) is 21.1. The fraction of sp³-hybridized carbons (Fsp3) is 0.120. The molecule has 0 spiro atoms. The first-order valence-corrected chi connectivity index (χ1v) is 9.55. The Morgan fingerprint density at radius 1 is 0.767 bits per heavy atom. The van der Waals surface area contributed by atoms with Gasteiger partial charge in [0.2, 0.25) is 0 Å². The van der Waals surface area contributed by atoms with Crippen LogP contribution in [0.25, 0.3) is 11.6 Å². The van der Waals surface area contributed by atoms with Gasteiger partial charge in [-0.25, -0.2) is 0 Å². The zero-order valence-corrected chi connectivity index (χ0v) is 16.8. The average Bonchev–Trinajstić information content (AvgIpc) is 2.80. The number of ether oxygens (including phenoxy) is 2. The second-order valence-corrected chi connectivity index (χ2v) is 6.89. The number of carbonyl (C=O) groups is 2. The van der Waals surface area contributed by atoms with Crippen LogP contribution in [0.15, 0.2) is 72.8 Å². The lowest BCUT2D eigenvalue weighted by Crippen LogP contribution is -2.41. The summed E-state index contributed by atoms with van der Waals surface area (Å²) in [5.41, 5.74) is 3.21. The molecule has 1 aliphatic rings. The Morgan fingerprint density at radius 3 is 2.13 bits per heavy atom. The van der Waals surface area contributed by atoms with Gasteiger partial charge >= 0.3 is 0 Å². The van der Waals surface area contributed by atoms with E-state index in [9.17, 15) is 9.59 Å². The summed E-state index contributed by atoms with van der Waals surface area (Å²) in [6.07, 6.45) is 1.79. The molecule has 0 radical (unpaired) electrons. The van der Waals surface area contributed by atoms with E-state index in [4.69, 9.17) is 9.47 Å². The number of imide groups is 1. The normalized spacial score (nSPS) is 14.6. The zero-order valence-electron chi connectivity index (χ0n) is 16.8. The standard InChI is InChI=1S/C25H21NO4/c1-29-19-13-11-17(12-14-19)16-26-24(27)21-9-5-4-8-20(21)22(25(26)28)15-18-7-3-6-10-23(18)30-2/h3-15H,16H2,1-2H3/b22-15-. The van der Waals surface area contributed by atoms with Gasteiger partial charge in [0.15, 0.2) is 0 Å². The molecule has 3 aromatic carbocycles. The molecule has 0 N–H and O–H groups in total. The number of rotatable bonds is 5. The molecule has 2 amide bonds. The highest BCUT2D eigenvalue weighted by atomic mass is 16.5. The molecule has 0 saturated heterocycles. The summed E-state index contributed by atoms with van der Waals surface area (Å²) in [4.78, 5) is 27.8. The Labute approximate surface area is 175 Å². The van der Waals surface area contributed by atoms with Crippen molar-refractivity contribution in [3.8, 4) is 11.5 Å². The van der Waals surface area contributed by atoms with Crippen molar-refractivity contribution in [3.05, 3.63) is 95.1 Å². The number of fused-ring (bicyclic) bond motifs is 1. The fourth-order valence-corrected chi connectivity index (χ4v) is 3.54. The lowest BCUT2D eigenvalue weighted by molar-refractivity contribution is -0.123. The summed E-state index contributed by atoms with van der Waals surface area (Å²) in [5.74, 6) is 0.745. The van der Waals surface area contributed by atoms with Gasteiger partial charge in [0.1, 0.15) is 11.5 Å². The van der Waals surface area contributed by atoms with Crippen LogP contribution in [-0.2, 0) is 11.3 Å². The summed E-state index contributed by atoms with van der Waals surface area (Å²) in [7, 11) is 3.19. The molecule has 1 heterocycles. The average molecular weight is 399 g/mol. The molecule has 3 aromatic rings. The van der Waals surface area contributed by atoms with Crippen LogP contribution in [-0.4, -0.2) is 30.9 Å². The number of hydrogen-bond acceptors (Lipinski definition) is 4. The van der Waals surface area contributed by atoms with Crippen molar-refractivity contribution in [2.75, 3.05) is 14.2 Å². The van der Waals surface area contributed by atoms with E-state index >= 15 is 0 Å². The summed E-state index contributed by atoms with van der Waals surface area (Å²) in [5, 5.41) is 0. The number of benzene rings is 3. The molecule has 0 unspecified atom stereocenters. The minimum Gasteiger partial charge on any atom is -0.497 e. The number of hydrogen-bond donors (Lipinski definition) is 0. The number of amides is 2. The van der Waals surface area contributed by atoms with Crippen molar-refractivity contribution in [1.29, 1.82) is 0 Å². The Bertz CT molecular complexity index is 1130. The highest BCUT2D eigenvalue weighted by molar-refractivity contribution is 6.33. The summed E-state index contributed by atoms with van der Waals surface area (Å²) in [6, 6.07) is 22.0. The number of nitrogens with zero attached hydrogens (tertiary/aromatic N) is 1. The van der Waals surface area contributed by atoms with Crippen molar-refractivity contribution in [2.24, 2.45) is 0 Å². The van der Waals surface area contributed by atoms with E-state index in [0.717, 1.165) is 16.9 Å². The summed E-state index contributed by atoms with van der Waals surface area (Å²) in [6.45, 7) is 0.180. The Balaban J connectivity index is 1.78. The third kappa shape index (κ3) is 3.57. The van der Waals surface area contributed by atoms with E-state index in [1.807, 2.05) is 54.6 Å². The lowest BCUT2D eigenvalue weighted by atomic mass is 9.91. The van der Waals surface area contributed by atoms with Gasteiger partial charge in [0.25, 0.3) is 11.8 Å². The molecule has 0 fully saturated rings. The molecule has 0 atom stereocenters. The van der Waals surface area contributed by atoms with Crippen molar-refractivity contribution >= 4 is 23.5 Å². The quantitative estimate of drug-likeness (QED) is 0.471. The maximum absolute atomic E-state index is 13.4. The van der Waals surface area contributed by atoms with E-state index in [1.165, 1.54) is 4.90 Å². The number of carbonyl (C=O) groups excluding carboxylic acids is 2. The smallest absolute Gasteiger partial charge is 0.261 e. The first-order valence-electron chi connectivity index (χ1n) is 9.55. The van der Waals surface area contributed by atoms with Gasteiger partial charge in [-0.1, -0.05) is 48.5 Å². The van der Waals surface area contributed by atoms with Crippen molar-refractivity contribution < 1.29 is 19.1 Å². The van der Waals surface area contributed by atoms with Gasteiger partial charge in [0.05, 0.1) is 20.8 Å². The van der Waals surface area contributed by atoms with E-state index in [2.05, 4.69) is 0 Å². The van der Waals surface area contributed by atoms with E-state index in [-0.39, 0.29) is 18.4 Å². The second-order valence-electron chi connectivity index (χ2n) is 6.89. The van der Waals surface area contributed by atoms with Crippen LogP contribution in [0.3, 0.4) is 0 Å². The maximum atomic E-state index is 13.4. The molecular formula is C25H21NO4. The molecular weight excluding hydrogens is 378 g/mol. The molecule has 0 bridgehead atoms. The van der Waals surface area contributed by atoms with Gasteiger partial charge in [0, 0.05) is 16.7 Å². The molecule has 5 heteroatoms. The lowest BCUT2D eigenvalue weighted by Gasteiger charge is -2.29. The van der Waals surface area contributed by atoms with Crippen LogP contribution in [0.4, 0.5) is 0 Å². The first kappa shape index (κ1) is 19.5. The van der Waals surface area contributed by atoms with Crippen LogP contribution in [0.2, 0.25) is 0 Å². The minimum atomic E-state index is -0.333. The number of methoxy groups -OCH3 is 2. The molecule has 150 valence electrons. The minimum absolute atomic E-state index is 0.180. The third-order valence-corrected chi connectivity index (χ3v) is 5.11. The summed E-state index contributed by atoms with van der Waals surface area (Å²) < 4.78 is 10.6. The molecule has 1 aliphatic heterocycles. The summed E-state index contributed by atoms with van der Waals surface area (Å²) >= 11 is 0. The van der Waals surface area contributed by atoms with Crippen LogP contribution in [0, 0.1) is 0 Å². The van der Waals surface area contributed by atoms with E-state index in [1.54, 1.807) is 38.5 Å². The molecule has 4 rings (SSSR count).